The summed E-state index contributed by atoms with van der Waals surface area (Å²) in [5, 5.41) is 12.2. The predicted octanol–water partition coefficient (Wildman–Crippen LogP) is 5.95. The van der Waals surface area contributed by atoms with Gasteiger partial charge in [0.25, 0.3) is 5.91 Å². The highest BCUT2D eigenvalue weighted by Crippen LogP contribution is 2.32. The fraction of sp³-hybridized carbons (Fsp3) is 0.143. The van der Waals surface area contributed by atoms with Crippen LogP contribution >= 0.6 is 12.4 Å². The van der Waals surface area contributed by atoms with Crippen LogP contribution in [0.3, 0.4) is 0 Å². The molecule has 1 heterocycles. The number of ether oxygens (including phenoxy) is 2. The normalized spacial score (nSPS) is 11.3. The number of nitrogens with zero attached hydrogens (tertiary/aromatic N) is 1. The molecule has 1 amide bonds. The van der Waals surface area contributed by atoms with E-state index in [2.05, 4.69) is 15.0 Å². The predicted molar refractivity (Wildman–Crippen MR) is 150 cm³/mol. The molecule has 3 aromatic carbocycles. The van der Waals surface area contributed by atoms with Crippen molar-refractivity contribution in [2.75, 3.05) is 12.4 Å². The van der Waals surface area contributed by atoms with Gasteiger partial charge in [0, 0.05) is 18.3 Å². The summed E-state index contributed by atoms with van der Waals surface area (Å²) in [6, 6.07) is 17.2. The van der Waals surface area contributed by atoms with Crippen molar-refractivity contribution in [3.63, 3.8) is 0 Å². The van der Waals surface area contributed by atoms with Crippen molar-refractivity contribution in [3.05, 3.63) is 95.7 Å². The second-order valence-electron chi connectivity index (χ2n) is 8.73. The molecular weight excluding hydrogens is 599 g/mol. The smallest absolute Gasteiger partial charge is 0.497 e. The Balaban J connectivity index is 0.00000484. The van der Waals surface area contributed by atoms with E-state index in [4.69, 9.17) is 4.74 Å². The number of rotatable bonds is 9. The molecule has 0 aliphatic rings. The van der Waals surface area contributed by atoms with Crippen molar-refractivity contribution in [2.45, 2.75) is 29.8 Å². The van der Waals surface area contributed by atoms with E-state index < -0.39 is 27.9 Å². The number of methoxy groups -OCH3 is 1. The molecule has 14 heteroatoms. The van der Waals surface area contributed by atoms with Gasteiger partial charge in [0.1, 0.15) is 11.5 Å². The molecule has 222 valence electrons. The zero-order chi connectivity index (χ0) is 29.8. The molecule has 1 aromatic heterocycles. The van der Waals surface area contributed by atoms with Crippen LogP contribution < -0.4 is 20.3 Å². The van der Waals surface area contributed by atoms with Crippen molar-refractivity contribution in [3.8, 4) is 22.6 Å². The van der Waals surface area contributed by atoms with Crippen molar-refractivity contribution in [1.29, 1.82) is 0 Å². The molecule has 0 aliphatic carbocycles. The lowest BCUT2D eigenvalue weighted by atomic mass is 9.97. The van der Waals surface area contributed by atoms with E-state index in [0.29, 0.717) is 33.7 Å². The Kier molecular flexibility index (Phi) is 10.0. The van der Waals surface area contributed by atoms with E-state index in [0.717, 1.165) is 12.1 Å². The molecule has 0 spiro atoms. The monoisotopic (exact) mass is 623 g/mol. The number of carbonyl (C=O) groups is 1. The summed E-state index contributed by atoms with van der Waals surface area (Å²) < 4.78 is 73.2. The Morgan fingerprint density at radius 2 is 1.62 bits per heavy atom. The minimum absolute atomic E-state index is 0. The molecule has 0 atom stereocenters. The molecule has 3 N–H and O–H groups in total. The Morgan fingerprint density at radius 3 is 2.21 bits per heavy atom. The number of aromatic nitrogens is 1. The second-order valence-corrected chi connectivity index (χ2v) is 10.6. The van der Waals surface area contributed by atoms with E-state index in [1.807, 2.05) is 0 Å². The third-order valence-corrected chi connectivity index (χ3v) is 7.80. The third-order valence-electron chi connectivity index (χ3n) is 6.03. The van der Waals surface area contributed by atoms with Gasteiger partial charge in [0.2, 0.25) is 9.84 Å². The number of hydroxylamine groups is 1. The number of carbonyl (C=O) groups excluding carboxylic acids is 1. The maximum atomic E-state index is 13.4. The number of anilines is 1. The molecule has 4 rings (SSSR count). The van der Waals surface area contributed by atoms with E-state index in [-0.39, 0.29) is 34.4 Å². The Bertz CT molecular complexity index is 1670. The summed E-state index contributed by atoms with van der Waals surface area (Å²) >= 11 is 0. The first kappa shape index (κ1) is 32.2. The topological polar surface area (TPSA) is 127 Å². The quantitative estimate of drug-likeness (QED) is 0.154. The van der Waals surface area contributed by atoms with Gasteiger partial charge >= 0.3 is 6.36 Å². The Morgan fingerprint density at radius 1 is 0.976 bits per heavy atom. The fourth-order valence-electron chi connectivity index (χ4n) is 4.13. The standard InChI is InChI=1S/C28H24F3N3O6S.ClH/c1-17-14-20(18-5-7-22(8-6-18)40-28(29,30)31)15-24(26(35)34-36)25(17)33-16-19-4-3-13-32-27(19)41(37,38)23-11-9-21(39-2)10-12-23;/h3-15,33,36H,16H2,1-2H3,(H,34,35);1H. The second kappa shape index (κ2) is 13.1. The van der Waals surface area contributed by atoms with Gasteiger partial charge in [-0.15, -0.1) is 25.6 Å². The number of amides is 1. The molecule has 9 nitrogen and oxygen atoms in total. The number of halogens is 4. The summed E-state index contributed by atoms with van der Waals surface area (Å²) in [6.45, 7) is 1.63. The number of alkyl halides is 3. The highest BCUT2D eigenvalue weighted by atomic mass is 35.5. The van der Waals surface area contributed by atoms with E-state index in [9.17, 15) is 31.6 Å². The SMILES string of the molecule is COc1ccc(S(=O)(=O)c2ncccc2CNc2c(C)cc(-c3ccc(OC(F)(F)F)cc3)cc2C(=O)NO)cc1.Cl. The molecule has 0 radical (unpaired) electrons. The van der Waals surface area contributed by atoms with Gasteiger partial charge in [-0.05, 0) is 78.2 Å². The lowest BCUT2D eigenvalue weighted by Gasteiger charge is -2.17. The molecule has 0 fully saturated rings. The molecule has 0 aliphatic heterocycles. The van der Waals surface area contributed by atoms with Gasteiger partial charge in [-0.3, -0.25) is 10.0 Å². The number of pyridine rings is 1. The third kappa shape index (κ3) is 7.29. The minimum atomic E-state index is -4.83. The summed E-state index contributed by atoms with van der Waals surface area (Å²) in [5.74, 6) is -0.765. The van der Waals surface area contributed by atoms with Crippen LogP contribution in [0, 0.1) is 6.92 Å². The molecule has 4 aromatic rings. The maximum absolute atomic E-state index is 13.4. The van der Waals surface area contributed by atoms with Gasteiger partial charge in [0.15, 0.2) is 5.03 Å². The van der Waals surface area contributed by atoms with Crippen LogP contribution in [-0.4, -0.2) is 38.0 Å². The lowest BCUT2D eigenvalue weighted by Crippen LogP contribution is -2.21. The number of aryl methyl sites for hydroxylation is 1. The van der Waals surface area contributed by atoms with Gasteiger partial charge in [-0.1, -0.05) is 18.2 Å². The van der Waals surface area contributed by atoms with Crippen molar-refractivity contribution < 1.29 is 41.1 Å². The van der Waals surface area contributed by atoms with Gasteiger partial charge in [0.05, 0.1) is 23.3 Å². The zero-order valence-electron chi connectivity index (χ0n) is 22.1. The van der Waals surface area contributed by atoms with E-state index in [1.165, 1.54) is 55.8 Å². The average molecular weight is 624 g/mol. The van der Waals surface area contributed by atoms with Crippen molar-refractivity contribution in [1.82, 2.24) is 10.5 Å². The van der Waals surface area contributed by atoms with E-state index in [1.54, 1.807) is 30.6 Å². The molecule has 0 saturated carbocycles. The number of nitrogens with one attached hydrogen (secondary N) is 2. The first-order chi connectivity index (χ1) is 19.4. The Hall–Kier alpha value is -4.33. The van der Waals surface area contributed by atoms with Crippen molar-refractivity contribution in [2.24, 2.45) is 0 Å². The largest absolute Gasteiger partial charge is 0.573 e. The highest BCUT2D eigenvalue weighted by Gasteiger charge is 2.31. The molecule has 0 bridgehead atoms. The van der Waals surface area contributed by atoms with Gasteiger partial charge in [-0.2, -0.15) is 0 Å². The van der Waals surface area contributed by atoms with Crippen LogP contribution in [0.1, 0.15) is 21.5 Å². The van der Waals surface area contributed by atoms with E-state index >= 15 is 0 Å². The van der Waals surface area contributed by atoms with Crippen LogP contribution in [0.5, 0.6) is 11.5 Å². The highest BCUT2D eigenvalue weighted by molar-refractivity contribution is 7.91. The summed E-state index contributed by atoms with van der Waals surface area (Å²) in [7, 11) is -2.54. The number of hydrogen-bond acceptors (Lipinski definition) is 8. The summed E-state index contributed by atoms with van der Waals surface area (Å²) in [4.78, 5) is 16.7. The van der Waals surface area contributed by atoms with Crippen LogP contribution in [0.15, 0.2) is 88.9 Å². The maximum Gasteiger partial charge on any atom is 0.573 e. The number of hydrogen-bond donors (Lipinski definition) is 3. The van der Waals surface area contributed by atoms with Crippen LogP contribution in [-0.2, 0) is 16.4 Å². The first-order valence-electron chi connectivity index (χ1n) is 11.9. The molecule has 42 heavy (non-hydrogen) atoms. The minimum Gasteiger partial charge on any atom is -0.497 e. The number of sulfone groups is 1. The summed E-state index contributed by atoms with van der Waals surface area (Å²) in [5.41, 5.74) is 3.73. The van der Waals surface area contributed by atoms with Crippen molar-refractivity contribution >= 4 is 33.8 Å². The average Bonchev–Trinajstić information content (AvgIpc) is 2.95. The Labute approximate surface area is 245 Å². The molecular formula is C28H25ClF3N3O6S. The molecule has 0 saturated heterocycles. The molecule has 0 unspecified atom stereocenters. The van der Waals surface area contributed by atoms with Gasteiger partial charge < -0.3 is 14.8 Å². The van der Waals surface area contributed by atoms with Crippen LogP contribution in [0.2, 0.25) is 0 Å². The first-order valence-corrected chi connectivity index (χ1v) is 13.4. The lowest BCUT2D eigenvalue weighted by molar-refractivity contribution is -0.274. The summed E-state index contributed by atoms with van der Waals surface area (Å²) in [6.07, 6.45) is -3.48. The zero-order valence-corrected chi connectivity index (χ0v) is 23.7. The van der Waals surface area contributed by atoms with Gasteiger partial charge in [-0.25, -0.2) is 18.9 Å². The fourth-order valence-corrected chi connectivity index (χ4v) is 5.53. The van der Waals surface area contributed by atoms with Crippen LogP contribution in [0.4, 0.5) is 18.9 Å². The number of benzene rings is 3. The van der Waals surface area contributed by atoms with Crippen LogP contribution in [0.25, 0.3) is 11.1 Å².